The minimum atomic E-state index is -0.940. The van der Waals surface area contributed by atoms with Gasteiger partial charge in [-0.25, -0.2) is 8.78 Å². The van der Waals surface area contributed by atoms with Crippen LogP contribution in [0, 0.1) is 17.0 Å². The van der Waals surface area contributed by atoms with E-state index in [4.69, 9.17) is 14.2 Å². The van der Waals surface area contributed by atoms with Crippen molar-refractivity contribution in [2.75, 3.05) is 27.4 Å². The first kappa shape index (κ1) is 25.0. The molecule has 1 N–H and O–H groups in total. The summed E-state index contributed by atoms with van der Waals surface area (Å²) < 4.78 is 45.4. The number of rotatable bonds is 7. The van der Waals surface area contributed by atoms with Gasteiger partial charge in [0, 0.05) is 44.7 Å². The number of halogens is 2. The fourth-order valence-electron chi connectivity index (χ4n) is 5.01. The van der Waals surface area contributed by atoms with E-state index in [1.54, 1.807) is 11.7 Å². The third-order valence-electron chi connectivity index (χ3n) is 6.93. The molecule has 3 atom stereocenters. The number of ether oxygens (including phenoxy) is 3. The van der Waals surface area contributed by atoms with Crippen LogP contribution in [0.2, 0.25) is 0 Å². The number of nitrogens with one attached hydrogen (secondary N) is 1. The minimum absolute atomic E-state index is 0.0645. The highest BCUT2D eigenvalue weighted by Crippen LogP contribution is 2.47. The van der Waals surface area contributed by atoms with Crippen molar-refractivity contribution in [1.29, 1.82) is 0 Å². The summed E-state index contributed by atoms with van der Waals surface area (Å²) in [5, 5.41) is 2.50. The van der Waals surface area contributed by atoms with Crippen LogP contribution < -0.4 is 15.5 Å². The van der Waals surface area contributed by atoms with Gasteiger partial charge in [0.15, 0.2) is 11.5 Å². The SMILES string of the molecule is COCCC1(C)C(=O)c2c(OC)c(=O)c(C(=O)NCc3ccc(F)cc3F)cn2C2CCCOC21. The van der Waals surface area contributed by atoms with Crippen LogP contribution in [0.4, 0.5) is 8.78 Å². The number of amides is 1. The predicted octanol–water partition coefficient (Wildman–Crippen LogP) is 3.02. The molecule has 0 aliphatic carbocycles. The molecule has 0 radical (unpaired) electrons. The van der Waals surface area contributed by atoms with Crippen LogP contribution in [0.15, 0.2) is 29.2 Å². The van der Waals surface area contributed by atoms with Crippen LogP contribution in [-0.4, -0.2) is 49.8 Å². The Kier molecular flexibility index (Phi) is 7.05. The molecule has 0 bridgehead atoms. The van der Waals surface area contributed by atoms with Gasteiger partial charge in [-0.2, -0.15) is 0 Å². The largest absolute Gasteiger partial charge is 0.491 e. The number of ketones is 1. The molecule has 3 unspecified atom stereocenters. The number of pyridine rings is 1. The molecule has 10 heteroatoms. The van der Waals surface area contributed by atoms with Crippen LogP contribution in [0.1, 0.15) is 58.6 Å². The fraction of sp³-hybridized carbons (Fsp3) is 0.480. The Morgan fingerprint density at radius 1 is 1.29 bits per heavy atom. The van der Waals surface area contributed by atoms with Crippen molar-refractivity contribution >= 4 is 11.7 Å². The maximum absolute atomic E-state index is 14.0. The van der Waals surface area contributed by atoms with E-state index in [1.165, 1.54) is 19.4 Å². The van der Waals surface area contributed by atoms with E-state index in [0.29, 0.717) is 32.1 Å². The molecule has 1 aromatic carbocycles. The Morgan fingerprint density at radius 2 is 2.06 bits per heavy atom. The van der Waals surface area contributed by atoms with Crippen LogP contribution >= 0.6 is 0 Å². The van der Waals surface area contributed by atoms with Crippen molar-refractivity contribution in [3.63, 3.8) is 0 Å². The third kappa shape index (κ3) is 4.36. The second-order valence-electron chi connectivity index (χ2n) is 9.07. The molecule has 8 nitrogen and oxygen atoms in total. The number of nitrogens with zero attached hydrogens (tertiary/aromatic N) is 1. The Labute approximate surface area is 201 Å². The van der Waals surface area contributed by atoms with Gasteiger partial charge in [-0.3, -0.25) is 14.4 Å². The number of fused-ring (bicyclic) bond motifs is 3. The Morgan fingerprint density at radius 3 is 2.74 bits per heavy atom. The summed E-state index contributed by atoms with van der Waals surface area (Å²) in [6, 6.07) is 2.72. The minimum Gasteiger partial charge on any atom is -0.491 e. The number of aromatic nitrogens is 1. The first-order valence-corrected chi connectivity index (χ1v) is 11.4. The monoisotopic (exact) mass is 490 g/mol. The summed E-state index contributed by atoms with van der Waals surface area (Å²) in [6.07, 6.45) is 2.71. The quantitative estimate of drug-likeness (QED) is 0.641. The first-order chi connectivity index (χ1) is 16.7. The number of methoxy groups -OCH3 is 2. The van der Waals surface area contributed by atoms with Crippen molar-refractivity contribution in [3.05, 3.63) is 63.1 Å². The molecule has 2 aliphatic heterocycles. The smallest absolute Gasteiger partial charge is 0.257 e. The lowest BCUT2D eigenvalue weighted by atomic mass is 9.69. The van der Waals surface area contributed by atoms with Crippen LogP contribution in [0.5, 0.6) is 5.75 Å². The highest BCUT2D eigenvalue weighted by atomic mass is 19.1. The van der Waals surface area contributed by atoms with Gasteiger partial charge in [-0.05, 0) is 32.3 Å². The van der Waals surface area contributed by atoms with E-state index < -0.39 is 34.5 Å². The van der Waals surface area contributed by atoms with Gasteiger partial charge in [0.1, 0.15) is 22.9 Å². The van der Waals surface area contributed by atoms with Gasteiger partial charge >= 0.3 is 0 Å². The summed E-state index contributed by atoms with van der Waals surface area (Å²) in [7, 11) is 2.83. The summed E-state index contributed by atoms with van der Waals surface area (Å²) in [4.78, 5) is 39.9. The van der Waals surface area contributed by atoms with Gasteiger partial charge in [-0.1, -0.05) is 6.07 Å². The van der Waals surface area contributed by atoms with Gasteiger partial charge in [-0.15, -0.1) is 0 Å². The van der Waals surface area contributed by atoms with Crippen molar-refractivity contribution < 1.29 is 32.6 Å². The number of hydrogen-bond donors (Lipinski definition) is 1. The molecule has 1 amide bonds. The maximum atomic E-state index is 14.0. The number of Topliss-reactive ketones (excluding diaryl/α,β-unsaturated/α-hetero) is 1. The van der Waals surface area contributed by atoms with Crippen molar-refractivity contribution in [2.24, 2.45) is 5.41 Å². The third-order valence-corrected chi connectivity index (χ3v) is 6.93. The van der Waals surface area contributed by atoms with E-state index in [2.05, 4.69) is 5.32 Å². The number of hydrogen-bond acceptors (Lipinski definition) is 6. The number of benzene rings is 1. The van der Waals surface area contributed by atoms with E-state index in [0.717, 1.165) is 12.5 Å². The second kappa shape index (κ2) is 9.87. The van der Waals surface area contributed by atoms with Crippen molar-refractivity contribution in [1.82, 2.24) is 9.88 Å². The molecule has 2 aliphatic rings. The van der Waals surface area contributed by atoms with E-state index >= 15 is 0 Å². The molecular weight excluding hydrogens is 462 g/mol. The zero-order valence-electron chi connectivity index (χ0n) is 19.9. The average molecular weight is 491 g/mol. The first-order valence-electron chi connectivity index (χ1n) is 11.4. The highest BCUT2D eigenvalue weighted by Gasteiger charge is 2.53. The van der Waals surface area contributed by atoms with E-state index in [9.17, 15) is 23.2 Å². The lowest BCUT2D eigenvalue weighted by Crippen LogP contribution is -2.54. The normalized spacial score (nSPS) is 23.4. The molecule has 1 fully saturated rings. The highest BCUT2D eigenvalue weighted by molar-refractivity contribution is 6.04. The topological polar surface area (TPSA) is 95.9 Å². The van der Waals surface area contributed by atoms with Gasteiger partial charge in [0.05, 0.1) is 24.7 Å². The molecule has 0 spiro atoms. The Bertz CT molecular complexity index is 1210. The molecule has 188 valence electrons. The summed E-state index contributed by atoms with van der Waals surface area (Å²) in [6.45, 7) is 2.39. The zero-order chi connectivity index (χ0) is 25.3. The lowest BCUT2D eigenvalue weighted by Gasteiger charge is -2.48. The number of carbonyl (C=O) groups is 2. The zero-order valence-corrected chi connectivity index (χ0v) is 19.9. The Hall–Kier alpha value is -3.11. The fourth-order valence-corrected chi connectivity index (χ4v) is 5.01. The Balaban J connectivity index is 1.75. The van der Waals surface area contributed by atoms with Gasteiger partial charge in [0.25, 0.3) is 5.91 Å². The molecule has 4 rings (SSSR count). The van der Waals surface area contributed by atoms with Crippen LogP contribution in [-0.2, 0) is 16.0 Å². The molecule has 0 saturated carbocycles. The molecule has 1 aromatic heterocycles. The molecule has 3 heterocycles. The van der Waals surface area contributed by atoms with E-state index in [-0.39, 0.29) is 40.9 Å². The van der Waals surface area contributed by atoms with Gasteiger partial charge in [0.2, 0.25) is 5.43 Å². The standard InChI is InChI=1S/C25H28F2N2O6/c1-25(8-10-33-2)22(31)19-21(34-3)20(30)16(13-29(19)18-5-4-9-35-23(18)25)24(32)28-12-14-6-7-15(26)11-17(14)27/h6-7,11,13,18,23H,4-5,8-10,12H2,1-3H3,(H,28,32). The molecular formula is C25H28F2N2O6. The maximum Gasteiger partial charge on any atom is 0.257 e. The van der Waals surface area contributed by atoms with Crippen molar-refractivity contribution in [3.8, 4) is 5.75 Å². The van der Waals surface area contributed by atoms with Gasteiger partial charge < -0.3 is 24.1 Å². The summed E-state index contributed by atoms with van der Waals surface area (Å²) in [5.41, 5.74) is -1.76. The summed E-state index contributed by atoms with van der Waals surface area (Å²) >= 11 is 0. The number of carbonyl (C=O) groups excluding carboxylic acids is 2. The predicted molar refractivity (Wildman–Crippen MR) is 122 cm³/mol. The van der Waals surface area contributed by atoms with Crippen molar-refractivity contribution in [2.45, 2.75) is 44.9 Å². The van der Waals surface area contributed by atoms with E-state index in [1.807, 2.05) is 6.92 Å². The molecule has 35 heavy (non-hydrogen) atoms. The lowest BCUT2D eigenvalue weighted by molar-refractivity contribution is -0.0935. The van der Waals surface area contributed by atoms with Crippen LogP contribution in [0.25, 0.3) is 0 Å². The molecule has 2 aromatic rings. The average Bonchev–Trinajstić information content (AvgIpc) is 2.85. The van der Waals surface area contributed by atoms with Crippen LogP contribution in [0.3, 0.4) is 0 Å². The summed E-state index contributed by atoms with van der Waals surface area (Å²) in [5.74, 6) is -2.84. The second-order valence-corrected chi connectivity index (χ2v) is 9.07. The molecule has 1 saturated heterocycles.